The van der Waals surface area contributed by atoms with Gasteiger partial charge in [0.25, 0.3) is 5.91 Å². The molecular formula is C22H20ClN2O5S-. The van der Waals surface area contributed by atoms with Crippen LogP contribution in [0, 0.1) is 0 Å². The number of hydrogen-bond donors (Lipinski definition) is 0. The van der Waals surface area contributed by atoms with E-state index in [9.17, 15) is 14.7 Å². The minimum atomic E-state index is -1.34. The van der Waals surface area contributed by atoms with Crippen LogP contribution >= 0.6 is 23.4 Å². The summed E-state index contributed by atoms with van der Waals surface area (Å²) in [6.45, 7) is 4.28. The maximum Gasteiger partial charge on any atom is 0.266 e. The topological polar surface area (TPSA) is 91.3 Å². The van der Waals surface area contributed by atoms with Gasteiger partial charge in [0.05, 0.1) is 28.2 Å². The normalized spacial score (nSPS) is 16.2. The number of carbonyl (C=O) groups is 2. The first-order valence-electron chi connectivity index (χ1n) is 9.56. The molecule has 0 N–H and O–H groups in total. The lowest BCUT2D eigenvalue weighted by Crippen LogP contribution is -2.29. The first-order valence-corrected chi connectivity index (χ1v) is 10.8. The first-order chi connectivity index (χ1) is 14.9. The summed E-state index contributed by atoms with van der Waals surface area (Å²) >= 11 is 7.43. The van der Waals surface area contributed by atoms with Crippen LogP contribution < -0.4 is 14.6 Å². The molecule has 0 saturated carbocycles. The third-order valence-corrected chi connectivity index (χ3v) is 5.48. The summed E-state index contributed by atoms with van der Waals surface area (Å²) in [5, 5.41) is 11.4. The van der Waals surface area contributed by atoms with E-state index in [-0.39, 0.29) is 16.7 Å². The van der Waals surface area contributed by atoms with Crippen molar-refractivity contribution in [1.29, 1.82) is 0 Å². The van der Waals surface area contributed by atoms with Crippen LogP contribution in [0.4, 0.5) is 5.69 Å². The van der Waals surface area contributed by atoms with Crippen LogP contribution in [0.2, 0.25) is 5.02 Å². The summed E-state index contributed by atoms with van der Waals surface area (Å²) in [6.07, 6.45) is 1.71. The first kappa shape index (κ1) is 22.7. The quantitative estimate of drug-likeness (QED) is 0.561. The predicted octanol–water partition coefficient (Wildman–Crippen LogP) is 3.49. The van der Waals surface area contributed by atoms with Gasteiger partial charge in [-0.05, 0) is 73.6 Å². The largest absolute Gasteiger partial charge is 0.546 e. The zero-order chi connectivity index (χ0) is 22.4. The van der Waals surface area contributed by atoms with Crippen LogP contribution in [0.3, 0.4) is 0 Å². The number of carboxylic acid groups (broad SMARTS) is 1. The molecule has 0 spiro atoms. The van der Waals surface area contributed by atoms with Crippen LogP contribution in [0.1, 0.15) is 19.4 Å². The molecule has 2 aromatic carbocycles. The lowest BCUT2D eigenvalue weighted by molar-refractivity contribution is -0.307. The molecule has 31 heavy (non-hydrogen) atoms. The lowest BCUT2D eigenvalue weighted by Gasteiger charge is -2.12. The van der Waals surface area contributed by atoms with Crippen molar-refractivity contribution in [3.63, 3.8) is 0 Å². The van der Waals surface area contributed by atoms with Gasteiger partial charge in [-0.25, -0.2) is 4.99 Å². The van der Waals surface area contributed by atoms with Gasteiger partial charge >= 0.3 is 0 Å². The van der Waals surface area contributed by atoms with E-state index in [4.69, 9.17) is 21.1 Å². The Morgan fingerprint density at radius 3 is 2.55 bits per heavy atom. The number of likely N-dealkylation sites (N-methyl/N-ethyl adjacent to an activating group) is 1. The molecule has 2 aromatic rings. The number of nitrogens with zero attached hydrogens (tertiary/aromatic N) is 2. The molecular weight excluding hydrogens is 440 g/mol. The van der Waals surface area contributed by atoms with Gasteiger partial charge in [0.15, 0.2) is 5.17 Å². The summed E-state index contributed by atoms with van der Waals surface area (Å²) in [5.41, 5.74) is 1.40. The highest BCUT2D eigenvalue weighted by Crippen LogP contribution is 2.35. The number of rotatable bonds is 8. The molecule has 0 atom stereocenters. The monoisotopic (exact) mass is 459 g/mol. The molecule has 0 unspecified atom stereocenters. The Hall–Kier alpha value is -2.97. The molecule has 1 aliphatic heterocycles. The number of amidine groups is 1. The van der Waals surface area contributed by atoms with Crippen LogP contribution in [0.25, 0.3) is 6.08 Å². The predicted molar refractivity (Wildman–Crippen MR) is 120 cm³/mol. The fourth-order valence-corrected chi connectivity index (χ4v) is 4.08. The SMILES string of the molecule is CCOc1ccc(N=C2S/C(=C\c3ccc(OCC(=O)[O-])c(Cl)c3)C(=O)N2CC)cc1. The van der Waals surface area contributed by atoms with Gasteiger partial charge < -0.3 is 19.4 Å². The zero-order valence-electron chi connectivity index (χ0n) is 17.0. The van der Waals surface area contributed by atoms with Gasteiger partial charge in [0.2, 0.25) is 0 Å². The van der Waals surface area contributed by atoms with Crippen LogP contribution in [-0.4, -0.2) is 41.7 Å². The van der Waals surface area contributed by atoms with E-state index in [1.807, 2.05) is 38.1 Å². The number of carboxylic acids is 1. The van der Waals surface area contributed by atoms with Gasteiger partial charge in [-0.1, -0.05) is 17.7 Å². The lowest BCUT2D eigenvalue weighted by atomic mass is 10.2. The molecule has 3 rings (SSSR count). The average Bonchev–Trinajstić information content (AvgIpc) is 3.03. The number of hydrogen-bond acceptors (Lipinski definition) is 7. The second-order valence-electron chi connectivity index (χ2n) is 6.33. The number of thioether (sulfide) groups is 1. The van der Waals surface area contributed by atoms with Gasteiger partial charge in [0, 0.05) is 6.54 Å². The minimum Gasteiger partial charge on any atom is -0.546 e. The van der Waals surface area contributed by atoms with E-state index in [1.54, 1.807) is 29.2 Å². The molecule has 9 heteroatoms. The van der Waals surface area contributed by atoms with Crippen molar-refractivity contribution in [2.45, 2.75) is 13.8 Å². The zero-order valence-corrected chi connectivity index (χ0v) is 18.5. The van der Waals surface area contributed by atoms with Crippen molar-refractivity contribution in [3.8, 4) is 11.5 Å². The highest BCUT2D eigenvalue weighted by Gasteiger charge is 2.32. The van der Waals surface area contributed by atoms with Crippen molar-refractivity contribution in [3.05, 3.63) is 58.0 Å². The van der Waals surface area contributed by atoms with Crippen LogP contribution in [-0.2, 0) is 9.59 Å². The van der Waals surface area contributed by atoms with Gasteiger partial charge in [-0.2, -0.15) is 0 Å². The Balaban J connectivity index is 1.81. The maximum atomic E-state index is 12.8. The van der Waals surface area contributed by atoms with E-state index in [1.165, 1.54) is 11.8 Å². The molecule has 1 fully saturated rings. The minimum absolute atomic E-state index is 0.148. The molecule has 0 aliphatic carbocycles. The van der Waals surface area contributed by atoms with Crippen molar-refractivity contribution in [2.75, 3.05) is 19.8 Å². The summed E-state index contributed by atoms with van der Waals surface area (Å²) in [6, 6.07) is 12.2. The fourth-order valence-electron chi connectivity index (χ4n) is 2.78. The Morgan fingerprint density at radius 1 is 1.19 bits per heavy atom. The number of aliphatic carboxylic acids is 1. The van der Waals surface area contributed by atoms with Gasteiger partial charge in [0.1, 0.15) is 18.1 Å². The number of ether oxygens (including phenoxy) is 2. The summed E-state index contributed by atoms with van der Waals surface area (Å²) < 4.78 is 10.5. The van der Waals surface area contributed by atoms with Crippen molar-refractivity contribution < 1.29 is 24.2 Å². The van der Waals surface area contributed by atoms with Crippen molar-refractivity contribution in [2.24, 2.45) is 4.99 Å². The van der Waals surface area contributed by atoms with Gasteiger partial charge in [-0.15, -0.1) is 0 Å². The molecule has 1 amide bonds. The third kappa shape index (κ3) is 5.80. The number of aliphatic imine (C=N–C) groups is 1. The summed E-state index contributed by atoms with van der Waals surface area (Å²) in [4.78, 5) is 30.1. The number of carbonyl (C=O) groups excluding carboxylic acids is 2. The maximum absolute atomic E-state index is 12.8. The molecule has 0 bridgehead atoms. The standard InChI is InChI=1S/C22H21ClN2O5S/c1-3-25-21(28)19(12-14-5-10-18(17(23)11-14)30-13-20(26)27)31-22(25)24-15-6-8-16(9-7-15)29-4-2/h5-12H,3-4,13H2,1-2H3,(H,26,27)/p-1/b19-12-,24-22?. The van der Waals surface area contributed by atoms with E-state index >= 15 is 0 Å². The molecule has 1 aliphatic rings. The Labute approximate surface area is 189 Å². The average molecular weight is 460 g/mol. The molecule has 7 nitrogen and oxygen atoms in total. The number of benzene rings is 2. The van der Waals surface area contributed by atoms with Gasteiger partial charge in [-0.3, -0.25) is 9.69 Å². The number of amides is 1. The highest BCUT2D eigenvalue weighted by atomic mass is 35.5. The van der Waals surface area contributed by atoms with E-state index in [0.29, 0.717) is 28.8 Å². The second-order valence-corrected chi connectivity index (χ2v) is 7.75. The second kappa shape index (κ2) is 10.4. The molecule has 1 saturated heterocycles. The van der Waals surface area contributed by atoms with E-state index in [2.05, 4.69) is 4.99 Å². The molecule has 1 heterocycles. The Kier molecular flexibility index (Phi) is 7.59. The van der Waals surface area contributed by atoms with Crippen LogP contribution in [0.5, 0.6) is 11.5 Å². The van der Waals surface area contributed by atoms with E-state index in [0.717, 1.165) is 11.4 Å². The molecule has 162 valence electrons. The summed E-state index contributed by atoms with van der Waals surface area (Å²) in [7, 11) is 0. The van der Waals surface area contributed by atoms with Crippen molar-refractivity contribution >= 4 is 52.2 Å². The van der Waals surface area contributed by atoms with Crippen LogP contribution in [0.15, 0.2) is 52.4 Å². The summed E-state index contributed by atoms with van der Waals surface area (Å²) in [5.74, 6) is -0.496. The van der Waals surface area contributed by atoms with Crippen molar-refractivity contribution in [1.82, 2.24) is 4.90 Å². The number of halogens is 1. The fraction of sp³-hybridized carbons (Fsp3) is 0.227. The Bertz CT molecular complexity index is 1040. The smallest absolute Gasteiger partial charge is 0.266 e. The highest BCUT2D eigenvalue weighted by molar-refractivity contribution is 8.18. The molecule has 0 radical (unpaired) electrons. The molecule has 0 aromatic heterocycles. The third-order valence-electron chi connectivity index (χ3n) is 4.18. The van der Waals surface area contributed by atoms with E-state index < -0.39 is 12.6 Å². The Morgan fingerprint density at radius 2 is 1.94 bits per heavy atom.